The van der Waals surface area contributed by atoms with Gasteiger partial charge in [-0.1, -0.05) is 30.9 Å². The second-order valence-corrected chi connectivity index (χ2v) is 4.59. The van der Waals surface area contributed by atoms with E-state index in [0.29, 0.717) is 16.9 Å². The van der Waals surface area contributed by atoms with Gasteiger partial charge in [0.15, 0.2) is 5.15 Å². The predicted molar refractivity (Wildman–Crippen MR) is 67.2 cm³/mol. The highest BCUT2D eigenvalue weighted by molar-refractivity contribution is 6.32. The zero-order valence-electron chi connectivity index (χ0n) is 9.19. The van der Waals surface area contributed by atoms with Crippen molar-refractivity contribution in [1.29, 1.82) is 0 Å². The van der Waals surface area contributed by atoms with Crippen molar-refractivity contribution in [3.05, 3.63) is 17.4 Å². The van der Waals surface area contributed by atoms with Crippen LogP contribution in [-0.4, -0.2) is 11.0 Å². The van der Waals surface area contributed by atoms with E-state index in [2.05, 4.69) is 4.98 Å². The topological polar surface area (TPSA) is 68.2 Å². The van der Waals surface area contributed by atoms with E-state index in [1.54, 1.807) is 11.2 Å². The molecular formula is C11H17ClN4. The molecule has 0 spiro atoms. The van der Waals surface area contributed by atoms with Gasteiger partial charge in [-0.3, -0.25) is 0 Å². The smallest absolute Gasteiger partial charge is 0.154 e. The van der Waals surface area contributed by atoms with Crippen LogP contribution in [0, 0.1) is 0 Å². The summed E-state index contributed by atoms with van der Waals surface area (Å²) in [6.45, 7) is 0. The van der Waals surface area contributed by atoms with Crippen molar-refractivity contribution < 1.29 is 0 Å². The second kappa shape index (κ2) is 4.89. The van der Waals surface area contributed by atoms with Gasteiger partial charge in [-0.05, 0) is 18.9 Å². The molecule has 0 unspecified atom stereocenters. The first-order valence-electron chi connectivity index (χ1n) is 5.64. The SMILES string of the molecule is Nc1c(N(N)C2CCCCC2)ccnc1Cl. The minimum atomic E-state index is 0.323. The number of pyridine rings is 1. The molecule has 0 atom stereocenters. The molecule has 0 bridgehead atoms. The van der Waals surface area contributed by atoms with E-state index in [9.17, 15) is 0 Å². The number of anilines is 2. The Labute approximate surface area is 101 Å². The van der Waals surface area contributed by atoms with Crippen molar-refractivity contribution in [3.8, 4) is 0 Å². The highest BCUT2D eigenvalue weighted by Crippen LogP contribution is 2.31. The third kappa shape index (κ3) is 2.23. The molecule has 1 saturated carbocycles. The number of halogens is 1. The number of nitrogens with zero attached hydrogens (tertiary/aromatic N) is 2. The van der Waals surface area contributed by atoms with Crippen LogP contribution >= 0.6 is 11.6 Å². The Kier molecular flexibility index (Phi) is 3.51. The van der Waals surface area contributed by atoms with Gasteiger partial charge >= 0.3 is 0 Å². The quantitative estimate of drug-likeness (QED) is 0.473. The van der Waals surface area contributed by atoms with E-state index in [0.717, 1.165) is 18.5 Å². The molecule has 1 fully saturated rings. The van der Waals surface area contributed by atoms with Gasteiger partial charge in [0.05, 0.1) is 11.4 Å². The van der Waals surface area contributed by atoms with E-state index in [1.807, 2.05) is 6.07 Å². The maximum absolute atomic E-state index is 6.11. The lowest BCUT2D eigenvalue weighted by Gasteiger charge is -2.32. The first-order chi connectivity index (χ1) is 7.70. The zero-order valence-corrected chi connectivity index (χ0v) is 9.95. The number of nitrogen functional groups attached to an aromatic ring is 1. The molecular weight excluding hydrogens is 224 g/mol. The fourth-order valence-electron chi connectivity index (χ4n) is 2.22. The average molecular weight is 241 g/mol. The number of hydrogen-bond donors (Lipinski definition) is 2. The summed E-state index contributed by atoms with van der Waals surface area (Å²) in [7, 11) is 0. The highest BCUT2D eigenvalue weighted by atomic mass is 35.5. The van der Waals surface area contributed by atoms with Gasteiger partial charge in [-0.25, -0.2) is 10.8 Å². The molecule has 16 heavy (non-hydrogen) atoms. The van der Waals surface area contributed by atoms with E-state index in [4.69, 9.17) is 23.2 Å². The average Bonchev–Trinajstić information content (AvgIpc) is 2.33. The lowest BCUT2D eigenvalue weighted by molar-refractivity contribution is 0.418. The minimum Gasteiger partial charge on any atom is -0.395 e. The fraction of sp³-hybridized carbons (Fsp3) is 0.545. The summed E-state index contributed by atoms with van der Waals surface area (Å²) in [5, 5.41) is 2.07. The highest BCUT2D eigenvalue weighted by Gasteiger charge is 2.21. The van der Waals surface area contributed by atoms with Gasteiger partial charge in [0.25, 0.3) is 0 Å². The Morgan fingerprint density at radius 3 is 2.69 bits per heavy atom. The largest absolute Gasteiger partial charge is 0.395 e. The standard InChI is InChI=1S/C11H17ClN4/c12-11-10(13)9(6-7-15-11)16(14)8-4-2-1-3-5-8/h6-8H,1-5,13-14H2. The maximum Gasteiger partial charge on any atom is 0.154 e. The minimum absolute atomic E-state index is 0.323. The Bertz CT molecular complexity index is 363. The summed E-state index contributed by atoms with van der Waals surface area (Å²) >= 11 is 5.88. The second-order valence-electron chi connectivity index (χ2n) is 4.23. The van der Waals surface area contributed by atoms with Crippen LogP contribution < -0.4 is 16.6 Å². The van der Waals surface area contributed by atoms with Gasteiger partial charge in [-0.2, -0.15) is 0 Å². The fourth-order valence-corrected chi connectivity index (χ4v) is 2.37. The van der Waals surface area contributed by atoms with Crippen molar-refractivity contribution in [1.82, 2.24) is 4.98 Å². The molecule has 4 nitrogen and oxygen atoms in total. The van der Waals surface area contributed by atoms with Crippen LogP contribution in [0.5, 0.6) is 0 Å². The number of aromatic nitrogens is 1. The molecule has 1 heterocycles. The van der Waals surface area contributed by atoms with Crippen LogP contribution in [0.25, 0.3) is 0 Å². The monoisotopic (exact) mass is 240 g/mol. The third-order valence-electron chi connectivity index (χ3n) is 3.16. The molecule has 0 radical (unpaired) electrons. The number of hydrogen-bond acceptors (Lipinski definition) is 4. The van der Waals surface area contributed by atoms with E-state index in [-0.39, 0.29) is 0 Å². The van der Waals surface area contributed by atoms with Gasteiger partial charge in [0.2, 0.25) is 0 Å². The molecule has 0 amide bonds. The van der Waals surface area contributed by atoms with E-state index in [1.165, 1.54) is 19.3 Å². The maximum atomic E-state index is 6.11. The predicted octanol–water partition coefficient (Wildman–Crippen LogP) is 2.33. The van der Waals surface area contributed by atoms with E-state index >= 15 is 0 Å². The summed E-state index contributed by atoms with van der Waals surface area (Å²) in [4.78, 5) is 3.93. The van der Waals surface area contributed by atoms with Crippen LogP contribution in [0.4, 0.5) is 11.4 Å². The Morgan fingerprint density at radius 1 is 1.31 bits per heavy atom. The van der Waals surface area contributed by atoms with Crippen molar-refractivity contribution in [2.24, 2.45) is 5.84 Å². The van der Waals surface area contributed by atoms with Gasteiger partial charge < -0.3 is 10.7 Å². The van der Waals surface area contributed by atoms with Gasteiger partial charge in [0, 0.05) is 12.2 Å². The molecule has 1 aromatic heterocycles. The molecule has 1 aliphatic carbocycles. The molecule has 88 valence electrons. The summed E-state index contributed by atoms with van der Waals surface area (Å²) in [5.41, 5.74) is 7.13. The van der Waals surface area contributed by atoms with Gasteiger partial charge in [0.1, 0.15) is 0 Å². The van der Waals surface area contributed by atoms with Crippen LogP contribution in [0.3, 0.4) is 0 Å². The summed E-state index contributed by atoms with van der Waals surface area (Å²) < 4.78 is 0. The van der Waals surface area contributed by atoms with Crippen molar-refractivity contribution in [2.75, 3.05) is 10.7 Å². The summed E-state index contributed by atoms with van der Waals surface area (Å²) in [5.74, 6) is 6.11. The van der Waals surface area contributed by atoms with Crippen molar-refractivity contribution in [3.63, 3.8) is 0 Å². The first kappa shape index (κ1) is 11.5. The normalized spacial score (nSPS) is 17.4. The Hall–Kier alpha value is -1.00. The number of nitrogens with two attached hydrogens (primary N) is 2. The van der Waals surface area contributed by atoms with Crippen molar-refractivity contribution in [2.45, 2.75) is 38.1 Å². The van der Waals surface area contributed by atoms with Crippen LogP contribution in [0.1, 0.15) is 32.1 Å². The molecule has 0 saturated heterocycles. The van der Waals surface area contributed by atoms with E-state index < -0.39 is 0 Å². The molecule has 0 aliphatic heterocycles. The molecule has 2 rings (SSSR count). The van der Waals surface area contributed by atoms with Gasteiger partial charge in [-0.15, -0.1) is 0 Å². The molecule has 1 aromatic rings. The van der Waals surface area contributed by atoms with Crippen LogP contribution in [0.2, 0.25) is 5.15 Å². The molecule has 1 aliphatic rings. The Balaban J connectivity index is 2.19. The number of hydrazine groups is 1. The molecule has 5 heteroatoms. The molecule has 0 aromatic carbocycles. The summed E-state index contributed by atoms with van der Waals surface area (Å²) in [6, 6.07) is 2.19. The van der Waals surface area contributed by atoms with Crippen molar-refractivity contribution >= 4 is 23.0 Å². The van der Waals surface area contributed by atoms with Crippen LogP contribution in [0.15, 0.2) is 12.3 Å². The number of rotatable bonds is 2. The Morgan fingerprint density at radius 2 is 2.00 bits per heavy atom. The first-order valence-corrected chi connectivity index (χ1v) is 6.02. The molecule has 4 N–H and O–H groups in total. The zero-order chi connectivity index (χ0) is 11.5. The third-order valence-corrected chi connectivity index (χ3v) is 3.47. The lowest BCUT2D eigenvalue weighted by atomic mass is 9.95. The lowest BCUT2D eigenvalue weighted by Crippen LogP contribution is -2.42. The summed E-state index contributed by atoms with van der Waals surface area (Å²) in [6.07, 6.45) is 7.65. The van der Waals surface area contributed by atoms with Crippen LogP contribution in [-0.2, 0) is 0 Å².